The molecule has 0 saturated heterocycles. The first-order chi connectivity index (χ1) is 20.7. The molecule has 2 N–H and O–H groups in total. The van der Waals surface area contributed by atoms with E-state index < -0.39 is 0 Å². The van der Waals surface area contributed by atoms with Gasteiger partial charge < -0.3 is 9.47 Å². The molecule has 2 aliphatic heterocycles. The Labute approximate surface area is 253 Å². The van der Waals surface area contributed by atoms with Gasteiger partial charge in [-0.3, -0.25) is 20.9 Å². The standard InChI is InChI=1S/C34H30N4O2S2/c1-39-29-11-7-27(8-12-29)37-33(25-15-17-41-21-25)19-31(35-37)23-3-5-24(6-4-23)32-20-34(26-16-18-42-22-26)38(36-32)28-9-13-30(40-2)14-10-28/h3-22,33-36H,1-2H3. The molecule has 8 heteroatoms. The highest BCUT2D eigenvalue weighted by molar-refractivity contribution is 7.08. The molecule has 2 atom stereocenters. The van der Waals surface area contributed by atoms with Gasteiger partial charge >= 0.3 is 0 Å². The molecular weight excluding hydrogens is 561 g/mol. The quantitative estimate of drug-likeness (QED) is 0.191. The SMILES string of the molecule is COc1ccc(N2NC(c3ccc(C4=CC(c5ccsc5)N(c5ccc(OC)cc5)N4)cc3)=CC2c2ccsc2)cc1. The van der Waals surface area contributed by atoms with Crippen molar-refractivity contribution in [3.63, 3.8) is 0 Å². The van der Waals surface area contributed by atoms with E-state index in [1.54, 1.807) is 36.9 Å². The van der Waals surface area contributed by atoms with Crippen molar-refractivity contribution in [2.75, 3.05) is 24.2 Å². The molecule has 210 valence electrons. The van der Waals surface area contributed by atoms with Crippen molar-refractivity contribution in [2.45, 2.75) is 12.1 Å². The van der Waals surface area contributed by atoms with E-state index >= 15 is 0 Å². The second kappa shape index (κ2) is 11.3. The van der Waals surface area contributed by atoms with Gasteiger partial charge in [0.05, 0.1) is 49.1 Å². The Morgan fingerprint density at radius 2 is 0.952 bits per heavy atom. The smallest absolute Gasteiger partial charge is 0.119 e. The van der Waals surface area contributed by atoms with E-state index in [-0.39, 0.29) is 12.1 Å². The molecule has 2 unspecified atom stereocenters. The second-order valence-corrected chi connectivity index (χ2v) is 11.7. The van der Waals surface area contributed by atoms with Crippen LogP contribution in [-0.4, -0.2) is 14.2 Å². The van der Waals surface area contributed by atoms with Gasteiger partial charge in [-0.25, -0.2) is 0 Å². The number of hydrogen-bond acceptors (Lipinski definition) is 8. The number of nitrogens with zero attached hydrogens (tertiary/aromatic N) is 2. The Balaban J connectivity index is 1.15. The van der Waals surface area contributed by atoms with Gasteiger partial charge in [0.15, 0.2) is 0 Å². The number of methoxy groups -OCH3 is 2. The molecule has 0 spiro atoms. The average molecular weight is 591 g/mol. The van der Waals surface area contributed by atoms with Gasteiger partial charge in [0.25, 0.3) is 0 Å². The number of benzene rings is 3. The minimum atomic E-state index is 0.0861. The van der Waals surface area contributed by atoms with E-state index in [0.717, 1.165) is 45.4 Å². The normalized spacial score (nSPS) is 17.9. The fraction of sp³-hybridized carbons (Fsp3) is 0.118. The van der Waals surface area contributed by atoms with Crippen LogP contribution in [0.2, 0.25) is 0 Å². The molecule has 42 heavy (non-hydrogen) atoms. The molecule has 2 aliphatic rings. The van der Waals surface area contributed by atoms with Crippen LogP contribution in [0.4, 0.5) is 11.4 Å². The predicted molar refractivity (Wildman–Crippen MR) is 174 cm³/mol. The molecule has 0 radical (unpaired) electrons. The third-order valence-corrected chi connectivity index (χ3v) is 9.07. The summed E-state index contributed by atoms with van der Waals surface area (Å²) in [6, 6.07) is 29.6. The van der Waals surface area contributed by atoms with Gasteiger partial charge in [-0.1, -0.05) is 24.3 Å². The predicted octanol–water partition coefficient (Wildman–Crippen LogP) is 8.04. The summed E-state index contributed by atoms with van der Waals surface area (Å²) < 4.78 is 10.8. The molecule has 2 aromatic heterocycles. The van der Waals surface area contributed by atoms with E-state index in [4.69, 9.17) is 9.47 Å². The minimum Gasteiger partial charge on any atom is -0.497 e. The van der Waals surface area contributed by atoms with Crippen molar-refractivity contribution in [3.8, 4) is 11.5 Å². The first-order valence-electron chi connectivity index (χ1n) is 13.7. The highest BCUT2D eigenvalue weighted by atomic mass is 32.1. The van der Waals surface area contributed by atoms with Gasteiger partial charge in [0.2, 0.25) is 0 Å². The second-order valence-electron chi connectivity index (χ2n) is 10.1. The van der Waals surface area contributed by atoms with Crippen molar-refractivity contribution >= 4 is 45.4 Å². The first-order valence-corrected chi connectivity index (χ1v) is 15.6. The molecule has 5 aromatic rings. The molecule has 0 bridgehead atoms. The lowest BCUT2D eigenvalue weighted by Gasteiger charge is -2.27. The van der Waals surface area contributed by atoms with Crippen LogP contribution in [0.15, 0.2) is 119 Å². The Hall–Kier alpha value is -4.66. The number of hydrazine groups is 2. The zero-order valence-electron chi connectivity index (χ0n) is 23.2. The Morgan fingerprint density at radius 1 is 0.548 bits per heavy atom. The largest absolute Gasteiger partial charge is 0.497 e. The van der Waals surface area contributed by atoms with Crippen LogP contribution in [0.25, 0.3) is 11.4 Å². The number of anilines is 2. The van der Waals surface area contributed by atoms with Crippen molar-refractivity contribution < 1.29 is 9.47 Å². The third kappa shape index (κ3) is 5.00. The zero-order chi connectivity index (χ0) is 28.5. The van der Waals surface area contributed by atoms with Crippen LogP contribution in [0, 0.1) is 0 Å². The summed E-state index contributed by atoms with van der Waals surface area (Å²) >= 11 is 3.43. The number of ether oxygens (including phenoxy) is 2. The monoisotopic (exact) mass is 590 g/mol. The Morgan fingerprint density at radius 3 is 1.29 bits per heavy atom. The Kier molecular flexibility index (Phi) is 7.07. The maximum atomic E-state index is 5.38. The van der Waals surface area contributed by atoms with Crippen molar-refractivity contribution in [1.82, 2.24) is 10.9 Å². The van der Waals surface area contributed by atoms with Gasteiger partial charge in [-0.05, 0) is 117 Å². The number of thiophene rings is 2. The molecule has 0 amide bonds. The summed E-state index contributed by atoms with van der Waals surface area (Å²) in [5, 5.41) is 13.1. The number of hydrogen-bond donors (Lipinski definition) is 2. The molecule has 0 aliphatic carbocycles. The maximum Gasteiger partial charge on any atom is 0.119 e. The zero-order valence-corrected chi connectivity index (χ0v) is 24.9. The van der Waals surface area contributed by atoms with Crippen molar-refractivity contribution in [3.05, 3.63) is 141 Å². The molecule has 7 rings (SSSR count). The maximum absolute atomic E-state index is 5.38. The lowest BCUT2D eigenvalue weighted by Crippen LogP contribution is -2.34. The molecule has 4 heterocycles. The van der Waals surface area contributed by atoms with Crippen LogP contribution in [0.5, 0.6) is 11.5 Å². The van der Waals surface area contributed by atoms with E-state index in [1.165, 1.54) is 11.1 Å². The molecule has 0 fully saturated rings. The summed E-state index contributed by atoms with van der Waals surface area (Å²) in [6.07, 6.45) is 4.60. The van der Waals surface area contributed by atoms with Crippen LogP contribution < -0.4 is 30.3 Å². The summed E-state index contributed by atoms with van der Waals surface area (Å²) in [5.74, 6) is 1.69. The van der Waals surface area contributed by atoms with Gasteiger partial charge in [0.1, 0.15) is 11.5 Å². The molecule has 3 aromatic carbocycles. The van der Waals surface area contributed by atoms with Gasteiger partial charge in [-0.2, -0.15) is 22.7 Å². The summed E-state index contributed by atoms with van der Waals surface area (Å²) in [7, 11) is 3.38. The average Bonchev–Trinajstić information content (AvgIpc) is 3.87. The number of rotatable bonds is 8. The summed E-state index contributed by atoms with van der Waals surface area (Å²) in [4.78, 5) is 0. The highest BCUT2D eigenvalue weighted by Gasteiger charge is 2.29. The lowest BCUT2D eigenvalue weighted by molar-refractivity contribution is 0.414. The summed E-state index contributed by atoms with van der Waals surface area (Å²) in [6.45, 7) is 0. The fourth-order valence-electron chi connectivity index (χ4n) is 5.40. The molecule has 0 saturated carbocycles. The van der Waals surface area contributed by atoms with Crippen LogP contribution in [0.1, 0.15) is 34.3 Å². The van der Waals surface area contributed by atoms with E-state index in [9.17, 15) is 0 Å². The third-order valence-electron chi connectivity index (χ3n) is 7.66. The topological polar surface area (TPSA) is 49.0 Å². The summed E-state index contributed by atoms with van der Waals surface area (Å²) in [5.41, 5.74) is 16.4. The van der Waals surface area contributed by atoms with Gasteiger partial charge in [0, 0.05) is 0 Å². The number of nitrogens with one attached hydrogen (secondary N) is 2. The first kappa shape index (κ1) is 26.3. The Bertz CT molecular complexity index is 1570. The molecule has 6 nitrogen and oxygen atoms in total. The van der Waals surface area contributed by atoms with Gasteiger partial charge in [-0.15, -0.1) is 0 Å². The highest BCUT2D eigenvalue weighted by Crippen LogP contribution is 2.38. The van der Waals surface area contributed by atoms with Crippen LogP contribution >= 0.6 is 22.7 Å². The van der Waals surface area contributed by atoms with E-state index in [2.05, 4.69) is 115 Å². The van der Waals surface area contributed by atoms with Crippen molar-refractivity contribution in [2.24, 2.45) is 0 Å². The van der Waals surface area contributed by atoms with Crippen LogP contribution in [-0.2, 0) is 0 Å². The van der Waals surface area contributed by atoms with Crippen molar-refractivity contribution in [1.29, 1.82) is 0 Å². The molecular formula is C34H30N4O2S2. The van der Waals surface area contributed by atoms with E-state index in [1.807, 2.05) is 24.3 Å². The van der Waals surface area contributed by atoms with Crippen LogP contribution in [0.3, 0.4) is 0 Å². The fourth-order valence-corrected chi connectivity index (χ4v) is 6.78. The van der Waals surface area contributed by atoms with E-state index in [0.29, 0.717) is 0 Å². The lowest BCUT2D eigenvalue weighted by atomic mass is 10.0. The minimum absolute atomic E-state index is 0.0861.